The van der Waals surface area contributed by atoms with Crippen LogP contribution in [0.5, 0.6) is 0 Å². The normalized spacial score (nSPS) is 9.22. The van der Waals surface area contributed by atoms with Gasteiger partial charge < -0.3 is 10.2 Å². The first-order valence-electron chi connectivity index (χ1n) is 6.84. The molecule has 2 aromatic rings. The molecule has 0 aromatic heterocycles. The van der Waals surface area contributed by atoms with E-state index in [0.29, 0.717) is 11.1 Å². The van der Waals surface area contributed by atoms with Crippen LogP contribution in [0.25, 0.3) is 0 Å². The first-order valence-corrected chi connectivity index (χ1v) is 6.84. The predicted molar refractivity (Wildman–Crippen MR) is 85.8 cm³/mol. The minimum absolute atomic E-state index is 0. The van der Waals surface area contributed by atoms with Gasteiger partial charge in [-0.3, -0.25) is 0 Å². The summed E-state index contributed by atoms with van der Waals surface area (Å²) < 4.78 is 0. The van der Waals surface area contributed by atoms with E-state index in [1.165, 1.54) is 0 Å². The second-order valence-corrected chi connectivity index (χ2v) is 5.14. The Hall–Kier alpha value is -2.00. The van der Waals surface area contributed by atoms with Gasteiger partial charge in [-0.15, -0.1) is 0 Å². The summed E-state index contributed by atoms with van der Waals surface area (Å²) in [7, 11) is 0. The third-order valence-electron chi connectivity index (χ3n) is 3.39. The molecule has 0 fully saturated rings. The number of aryl methyl sites for hydroxylation is 4. The number of benzene rings is 2. The average Bonchev–Trinajstić information content (AvgIpc) is 2.38. The molecular weight excluding hydrogens is 346 g/mol. The summed E-state index contributed by atoms with van der Waals surface area (Å²) in [5.74, 6) is -1.69. The van der Waals surface area contributed by atoms with E-state index in [9.17, 15) is 9.59 Å². The molecule has 0 amide bonds. The van der Waals surface area contributed by atoms with Crippen LogP contribution < -0.4 is 0 Å². The van der Waals surface area contributed by atoms with Crippen molar-refractivity contribution < 1.29 is 39.3 Å². The molecule has 0 bridgehead atoms. The maximum atomic E-state index is 10.6. The van der Waals surface area contributed by atoms with Crippen molar-refractivity contribution in [1.82, 2.24) is 0 Å². The van der Waals surface area contributed by atoms with Crippen LogP contribution in [0.1, 0.15) is 43.0 Å². The fourth-order valence-electron chi connectivity index (χ4n) is 2.30. The van der Waals surface area contributed by atoms with E-state index in [4.69, 9.17) is 10.2 Å². The Balaban J connectivity index is 0.000000403. The minimum Gasteiger partial charge on any atom is -0.478 e. The Bertz CT molecular complexity index is 606. The molecule has 0 aliphatic heterocycles. The SMILES string of the molecule is Cc1cccc(C)c1C(=O)O.Cc1cccc(C)c1C(=O)O.[Zn]. The van der Waals surface area contributed by atoms with Gasteiger partial charge >= 0.3 is 11.9 Å². The van der Waals surface area contributed by atoms with Gasteiger partial charge in [-0.2, -0.15) is 0 Å². The summed E-state index contributed by atoms with van der Waals surface area (Å²) in [5.41, 5.74) is 4.12. The molecule has 2 aromatic carbocycles. The van der Waals surface area contributed by atoms with E-state index in [2.05, 4.69) is 0 Å². The van der Waals surface area contributed by atoms with Crippen LogP contribution in [0.4, 0.5) is 0 Å². The van der Waals surface area contributed by atoms with Crippen molar-refractivity contribution in [2.24, 2.45) is 0 Å². The number of hydrogen-bond donors (Lipinski definition) is 2. The minimum atomic E-state index is -0.847. The van der Waals surface area contributed by atoms with E-state index in [-0.39, 0.29) is 19.5 Å². The molecule has 2 rings (SSSR count). The van der Waals surface area contributed by atoms with Crippen molar-refractivity contribution in [2.45, 2.75) is 27.7 Å². The van der Waals surface area contributed by atoms with Crippen molar-refractivity contribution in [3.8, 4) is 0 Å². The molecule has 0 saturated carbocycles. The zero-order valence-electron chi connectivity index (χ0n) is 13.9. The van der Waals surface area contributed by atoms with Crippen LogP contribution in [0, 0.1) is 27.7 Å². The number of carbonyl (C=O) groups is 2. The molecule has 5 heteroatoms. The average molecular weight is 366 g/mol. The van der Waals surface area contributed by atoms with Gasteiger partial charge in [0.2, 0.25) is 0 Å². The maximum Gasteiger partial charge on any atom is 0.336 e. The molecule has 4 nitrogen and oxygen atoms in total. The van der Waals surface area contributed by atoms with Crippen LogP contribution in [0.2, 0.25) is 0 Å². The molecule has 0 aliphatic carbocycles. The molecule has 0 saturated heterocycles. The van der Waals surface area contributed by atoms with E-state index in [1.54, 1.807) is 52.0 Å². The van der Waals surface area contributed by atoms with E-state index in [0.717, 1.165) is 22.3 Å². The quantitative estimate of drug-likeness (QED) is 0.789. The van der Waals surface area contributed by atoms with E-state index in [1.807, 2.05) is 12.1 Å². The van der Waals surface area contributed by atoms with Gasteiger partial charge in [-0.05, 0) is 49.9 Å². The second-order valence-electron chi connectivity index (χ2n) is 5.14. The Labute approximate surface area is 148 Å². The van der Waals surface area contributed by atoms with Crippen molar-refractivity contribution >= 4 is 11.9 Å². The summed E-state index contributed by atoms with van der Waals surface area (Å²) in [6.45, 7) is 7.21. The van der Waals surface area contributed by atoms with Crippen molar-refractivity contribution in [2.75, 3.05) is 0 Å². The summed E-state index contributed by atoms with van der Waals surface area (Å²) in [6, 6.07) is 10.9. The molecule has 0 radical (unpaired) electrons. The van der Waals surface area contributed by atoms with Gasteiger partial charge in [0.15, 0.2) is 0 Å². The van der Waals surface area contributed by atoms with Gasteiger partial charge in [0, 0.05) is 19.5 Å². The number of carboxylic acids is 2. The van der Waals surface area contributed by atoms with Gasteiger partial charge in [0.05, 0.1) is 11.1 Å². The molecule has 0 aliphatic rings. The molecule has 0 unspecified atom stereocenters. The van der Waals surface area contributed by atoms with Crippen LogP contribution in [-0.2, 0) is 19.5 Å². The van der Waals surface area contributed by atoms with Gasteiger partial charge in [0.1, 0.15) is 0 Å². The Morgan fingerprint density at radius 3 is 1.00 bits per heavy atom. The van der Waals surface area contributed by atoms with Crippen LogP contribution in [0.15, 0.2) is 36.4 Å². The summed E-state index contributed by atoms with van der Waals surface area (Å²) in [6.07, 6.45) is 0. The van der Waals surface area contributed by atoms with Crippen molar-refractivity contribution in [3.05, 3.63) is 69.8 Å². The monoisotopic (exact) mass is 364 g/mol. The smallest absolute Gasteiger partial charge is 0.336 e. The molecule has 2 N–H and O–H groups in total. The summed E-state index contributed by atoms with van der Waals surface area (Å²) in [4.78, 5) is 21.3. The number of rotatable bonds is 2. The third-order valence-corrected chi connectivity index (χ3v) is 3.39. The molecule has 118 valence electrons. The second kappa shape index (κ2) is 9.21. The summed E-state index contributed by atoms with van der Waals surface area (Å²) in [5, 5.41) is 17.5. The molecule has 23 heavy (non-hydrogen) atoms. The Morgan fingerprint density at radius 2 is 0.870 bits per heavy atom. The third kappa shape index (κ3) is 5.61. The Kier molecular flexibility index (Phi) is 8.41. The molecular formula is C18H20O4Zn. The van der Waals surface area contributed by atoms with Crippen LogP contribution in [0.3, 0.4) is 0 Å². The standard InChI is InChI=1S/2C9H10O2.Zn/c2*1-6-4-3-5-7(2)8(6)9(10)11;/h2*3-5H,1-2H3,(H,10,11);. The number of aromatic carboxylic acids is 2. The van der Waals surface area contributed by atoms with Gasteiger partial charge in [0.25, 0.3) is 0 Å². The predicted octanol–water partition coefficient (Wildman–Crippen LogP) is 4.00. The number of hydrogen-bond acceptors (Lipinski definition) is 2. The number of carboxylic acid groups (broad SMARTS) is 2. The van der Waals surface area contributed by atoms with Gasteiger partial charge in [-0.1, -0.05) is 36.4 Å². The molecule has 0 heterocycles. The van der Waals surface area contributed by atoms with E-state index < -0.39 is 11.9 Å². The molecule has 0 spiro atoms. The Morgan fingerprint density at radius 1 is 0.652 bits per heavy atom. The zero-order valence-corrected chi connectivity index (χ0v) is 16.8. The topological polar surface area (TPSA) is 74.6 Å². The largest absolute Gasteiger partial charge is 0.478 e. The first-order chi connectivity index (χ1) is 10.3. The van der Waals surface area contributed by atoms with E-state index >= 15 is 0 Å². The maximum absolute atomic E-state index is 10.6. The van der Waals surface area contributed by atoms with Crippen LogP contribution >= 0.6 is 0 Å². The first kappa shape index (κ1) is 21.0. The zero-order chi connectivity index (χ0) is 16.9. The van der Waals surface area contributed by atoms with Gasteiger partial charge in [-0.25, -0.2) is 9.59 Å². The molecule has 0 atom stereocenters. The van der Waals surface area contributed by atoms with Crippen molar-refractivity contribution in [1.29, 1.82) is 0 Å². The fourth-order valence-corrected chi connectivity index (χ4v) is 2.30. The fraction of sp³-hybridized carbons (Fsp3) is 0.222. The van der Waals surface area contributed by atoms with Crippen molar-refractivity contribution in [3.63, 3.8) is 0 Å². The summed E-state index contributed by atoms with van der Waals surface area (Å²) >= 11 is 0. The van der Waals surface area contributed by atoms with Crippen LogP contribution in [-0.4, -0.2) is 22.2 Å².